The van der Waals surface area contributed by atoms with Crippen LogP contribution in [-0.2, 0) is 0 Å². The molecule has 1 aromatic heterocycles. The molecule has 0 aliphatic carbocycles. The number of thiazole rings is 1. The molecule has 1 aliphatic rings. The number of carbonyl (C=O) groups is 1. The monoisotopic (exact) mass is 370 g/mol. The van der Waals surface area contributed by atoms with E-state index in [0.717, 1.165) is 22.7 Å². The molecule has 1 aliphatic heterocycles. The molecule has 2 amide bonds. The smallest absolute Gasteiger partial charge is 0.323 e. The lowest BCUT2D eigenvalue weighted by Crippen LogP contribution is -2.34. The summed E-state index contributed by atoms with van der Waals surface area (Å²) in [5.74, 6) is 0. The van der Waals surface area contributed by atoms with Gasteiger partial charge in [-0.1, -0.05) is 34.5 Å². The van der Waals surface area contributed by atoms with E-state index in [9.17, 15) is 4.79 Å². The lowest BCUT2D eigenvalue weighted by Gasteiger charge is -2.18. The fraction of sp³-hybridized carbons (Fsp3) is 0.333. The zero-order chi connectivity index (χ0) is 16.4. The van der Waals surface area contributed by atoms with Crippen molar-refractivity contribution in [2.24, 2.45) is 0 Å². The number of carbonyl (C=O) groups excluding carboxylic acids is 1. The first-order valence-corrected chi connectivity index (χ1v) is 8.78. The van der Waals surface area contributed by atoms with Crippen LogP contribution in [0, 0.1) is 6.92 Å². The molecule has 0 bridgehead atoms. The first-order chi connectivity index (χ1) is 11.0. The Balaban J connectivity index is 1.55. The average Bonchev–Trinajstić information content (AvgIpc) is 3.12. The van der Waals surface area contributed by atoms with E-state index in [0.29, 0.717) is 22.6 Å². The number of nitrogens with zero attached hydrogens (tertiary/aromatic N) is 2. The fourth-order valence-electron chi connectivity index (χ4n) is 2.52. The van der Waals surface area contributed by atoms with E-state index in [2.05, 4.69) is 15.6 Å². The molecular weight excluding hydrogens is 355 g/mol. The van der Waals surface area contributed by atoms with Gasteiger partial charge in [-0.2, -0.15) is 0 Å². The molecule has 3 rings (SSSR count). The number of anilines is 2. The van der Waals surface area contributed by atoms with Crippen LogP contribution in [0.4, 0.5) is 15.6 Å². The van der Waals surface area contributed by atoms with E-state index >= 15 is 0 Å². The van der Waals surface area contributed by atoms with Crippen LogP contribution in [-0.4, -0.2) is 35.0 Å². The number of urea groups is 1. The third-order valence-electron chi connectivity index (χ3n) is 3.70. The van der Waals surface area contributed by atoms with Gasteiger partial charge in [-0.15, -0.1) is 0 Å². The van der Waals surface area contributed by atoms with Gasteiger partial charge in [0.2, 0.25) is 0 Å². The van der Waals surface area contributed by atoms with Crippen LogP contribution in [0.1, 0.15) is 12.0 Å². The standard InChI is InChI=1S/C15H16Cl2N4OS/c1-9-6-10(2-3-12(9)16)19-11-4-5-21(8-11)15(22)20-14-18-7-13(17)23-14/h2-3,6-7,11,19H,4-5,8H2,1H3,(H,18,20,22). The molecule has 0 saturated carbocycles. The third-order valence-corrected chi connectivity index (χ3v) is 5.15. The molecule has 122 valence electrons. The first-order valence-electron chi connectivity index (χ1n) is 7.21. The number of aromatic nitrogens is 1. The molecule has 2 N–H and O–H groups in total. The van der Waals surface area contributed by atoms with Gasteiger partial charge >= 0.3 is 6.03 Å². The number of aryl methyl sites for hydroxylation is 1. The van der Waals surface area contributed by atoms with E-state index in [4.69, 9.17) is 23.2 Å². The molecule has 1 saturated heterocycles. The molecule has 2 aromatic rings. The summed E-state index contributed by atoms with van der Waals surface area (Å²) in [5.41, 5.74) is 2.05. The van der Waals surface area contributed by atoms with E-state index in [1.807, 2.05) is 25.1 Å². The largest absolute Gasteiger partial charge is 0.380 e. The quantitative estimate of drug-likeness (QED) is 0.837. The van der Waals surface area contributed by atoms with Gasteiger partial charge in [0.25, 0.3) is 0 Å². The molecule has 0 radical (unpaired) electrons. The maximum atomic E-state index is 12.2. The number of benzene rings is 1. The van der Waals surface area contributed by atoms with Crippen molar-refractivity contribution in [3.63, 3.8) is 0 Å². The van der Waals surface area contributed by atoms with Crippen LogP contribution in [0.15, 0.2) is 24.4 Å². The van der Waals surface area contributed by atoms with E-state index in [1.165, 1.54) is 17.5 Å². The second kappa shape index (κ2) is 6.95. The van der Waals surface area contributed by atoms with Crippen molar-refractivity contribution in [3.8, 4) is 0 Å². The van der Waals surface area contributed by atoms with Gasteiger partial charge in [-0.05, 0) is 37.1 Å². The Morgan fingerprint density at radius 2 is 2.26 bits per heavy atom. The molecule has 5 nitrogen and oxygen atoms in total. The summed E-state index contributed by atoms with van der Waals surface area (Å²) in [6.07, 6.45) is 2.42. The number of amides is 2. The van der Waals surface area contributed by atoms with Gasteiger partial charge in [0.1, 0.15) is 4.34 Å². The highest BCUT2D eigenvalue weighted by atomic mass is 35.5. The van der Waals surface area contributed by atoms with Crippen LogP contribution < -0.4 is 10.6 Å². The molecular formula is C15H16Cl2N4OS. The molecule has 23 heavy (non-hydrogen) atoms. The van der Waals surface area contributed by atoms with Crippen LogP contribution in [0.25, 0.3) is 0 Å². The predicted octanol–water partition coefficient (Wildman–Crippen LogP) is 4.48. The minimum Gasteiger partial charge on any atom is -0.380 e. The van der Waals surface area contributed by atoms with E-state index in [1.54, 1.807) is 4.90 Å². The topological polar surface area (TPSA) is 57.3 Å². The highest BCUT2D eigenvalue weighted by Crippen LogP contribution is 2.24. The molecule has 1 unspecified atom stereocenters. The Labute approximate surface area is 148 Å². The van der Waals surface area contributed by atoms with Crippen molar-refractivity contribution < 1.29 is 4.79 Å². The van der Waals surface area contributed by atoms with E-state index in [-0.39, 0.29) is 12.1 Å². The molecule has 1 fully saturated rings. The lowest BCUT2D eigenvalue weighted by molar-refractivity contribution is 0.222. The number of halogens is 2. The van der Waals surface area contributed by atoms with Crippen molar-refractivity contribution in [1.29, 1.82) is 0 Å². The maximum absolute atomic E-state index is 12.2. The third kappa shape index (κ3) is 4.07. The zero-order valence-electron chi connectivity index (χ0n) is 12.5. The van der Waals surface area contributed by atoms with E-state index < -0.39 is 0 Å². The Morgan fingerprint density at radius 3 is 2.96 bits per heavy atom. The van der Waals surface area contributed by atoms with Crippen LogP contribution in [0.5, 0.6) is 0 Å². The van der Waals surface area contributed by atoms with Gasteiger partial charge in [0.15, 0.2) is 5.13 Å². The summed E-state index contributed by atoms with van der Waals surface area (Å²) in [6.45, 7) is 3.32. The average molecular weight is 371 g/mol. The predicted molar refractivity (Wildman–Crippen MR) is 95.9 cm³/mol. The summed E-state index contributed by atoms with van der Waals surface area (Å²) in [4.78, 5) is 18.0. The summed E-state index contributed by atoms with van der Waals surface area (Å²) < 4.78 is 0.555. The van der Waals surface area contributed by atoms with Crippen LogP contribution >= 0.6 is 34.5 Å². The highest BCUT2D eigenvalue weighted by Gasteiger charge is 2.26. The molecule has 8 heteroatoms. The summed E-state index contributed by atoms with van der Waals surface area (Å²) in [7, 11) is 0. The van der Waals surface area contributed by atoms with Gasteiger partial charge in [0.05, 0.1) is 6.20 Å². The van der Waals surface area contributed by atoms with Gasteiger partial charge in [-0.25, -0.2) is 9.78 Å². The summed E-state index contributed by atoms with van der Waals surface area (Å²) in [5, 5.41) is 7.49. The number of likely N-dealkylation sites (tertiary alicyclic amines) is 1. The lowest BCUT2D eigenvalue weighted by atomic mass is 10.2. The van der Waals surface area contributed by atoms with Crippen molar-refractivity contribution in [1.82, 2.24) is 9.88 Å². The number of nitrogens with one attached hydrogen (secondary N) is 2. The Kier molecular flexibility index (Phi) is 4.94. The summed E-state index contributed by atoms with van der Waals surface area (Å²) in [6, 6.07) is 5.93. The minimum atomic E-state index is -0.146. The van der Waals surface area contributed by atoms with Crippen LogP contribution in [0.3, 0.4) is 0 Å². The zero-order valence-corrected chi connectivity index (χ0v) is 14.8. The Bertz CT molecular complexity index is 721. The van der Waals surface area contributed by atoms with Gasteiger partial charge in [-0.3, -0.25) is 5.32 Å². The van der Waals surface area contributed by atoms with Gasteiger partial charge in [0, 0.05) is 29.8 Å². The summed E-state index contributed by atoms with van der Waals surface area (Å²) >= 11 is 13.1. The Hall–Kier alpha value is -1.50. The van der Waals surface area contributed by atoms with Crippen molar-refractivity contribution >= 4 is 51.4 Å². The number of rotatable bonds is 3. The highest BCUT2D eigenvalue weighted by molar-refractivity contribution is 7.19. The second-order valence-electron chi connectivity index (χ2n) is 5.44. The molecule has 2 heterocycles. The number of hydrogen-bond donors (Lipinski definition) is 2. The Morgan fingerprint density at radius 1 is 1.43 bits per heavy atom. The normalized spacial score (nSPS) is 17.3. The van der Waals surface area contributed by atoms with Gasteiger partial charge < -0.3 is 10.2 Å². The molecule has 0 spiro atoms. The van der Waals surface area contributed by atoms with Crippen molar-refractivity contribution in [2.75, 3.05) is 23.7 Å². The minimum absolute atomic E-state index is 0.146. The fourth-order valence-corrected chi connectivity index (χ4v) is 3.43. The maximum Gasteiger partial charge on any atom is 0.323 e. The molecule has 1 aromatic carbocycles. The second-order valence-corrected chi connectivity index (χ2v) is 7.51. The van der Waals surface area contributed by atoms with Crippen molar-refractivity contribution in [3.05, 3.63) is 39.3 Å². The number of hydrogen-bond acceptors (Lipinski definition) is 4. The van der Waals surface area contributed by atoms with Crippen LogP contribution in [0.2, 0.25) is 9.36 Å². The SMILES string of the molecule is Cc1cc(NC2CCN(C(=O)Nc3ncc(Cl)s3)C2)ccc1Cl. The van der Waals surface area contributed by atoms with Crippen molar-refractivity contribution in [2.45, 2.75) is 19.4 Å². The first kappa shape index (κ1) is 16.4. The molecule has 1 atom stereocenters.